The summed E-state index contributed by atoms with van der Waals surface area (Å²) in [7, 11) is 0. The van der Waals surface area contributed by atoms with Crippen molar-refractivity contribution >= 4 is 15.9 Å². The number of aryl methyl sites for hydroxylation is 1. The minimum absolute atomic E-state index is 0.119. The van der Waals surface area contributed by atoms with E-state index >= 15 is 0 Å². The highest BCUT2D eigenvalue weighted by Gasteiger charge is 2.19. The Hall–Kier alpha value is -0.580. The number of hydrogen-bond donors (Lipinski definition) is 0. The highest BCUT2D eigenvalue weighted by atomic mass is 79.9. The second-order valence-corrected chi connectivity index (χ2v) is 3.01. The number of nitrogens with zero attached hydrogens (tertiary/aromatic N) is 1. The van der Waals surface area contributed by atoms with E-state index in [1.807, 2.05) is 0 Å². The standard InChI is InChI=1S/C7H5BrF3N/c1-3-2-12-6(8)4(5(3)9)7(10)11/h2,7H,1H3. The molecule has 66 valence electrons. The third-order valence-corrected chi connectivity index (χ3v) is 2.03. The van der Waals surface area contributed by atoms with Crippen LogP contribution in [0.2, 0.25) is 0 Å². The van der Waals surface area contributed by atoms with Crippen molar-refractivity contribution < 1.29 is 13.2 Å². The van der Waals surface area contributed by atoms with Crippen molar-refractivity contribution in [3.8, 4) is 0 Å². The van der Waals surface area contributed by atoms with Crippen molar-refractivity contribution in [3.63, 3.8) is 0 Å². The van der Waals surface area contributed by atoms with Gasteiger partial charge in [0.25, 0.3) is 6.43 Å². The molecule has 0 aromatic carbocycles. The molecule has 0 unspecified atom stereocenters. The molecule has 1 aromatic heterocycles. The van der Waals surface area contributed by atoms with Crippen molar-refractivity contribution in [3.05, 3.63) is 27.7 Å². The molecule has 5 heteroatoms. The molecule has 0 aliphatic heterocycles. The van der Waals surface area contributed by atoms with E-state index in [0.717, 1.165) is 0 Å². The fraction of sp³-hybridized carbons (Fsp3) is 0.286. The van der Waals surface area contributed by atoms with Crippen LogP contribution in [0, 0.1) is 12.7 Å². The molecule has 1 rings (SSSR count). The van der Waals surface area contributed by atoms with Crippen LogP contribution in [0.4, 0.5) is 13.2 Å². The molecule has 0 bridgehead atoms. The van der Waals surface area contributed by atoms with Crippen LogP contribution in [0.15, 0.2) is 10.8 Å². The van der Waals surface area contributed by atoms with E-state index in [2.05, 4.69) is 20.9 Å². The average Bonchev–Trinajstić information content (AvgIpc) is 1.97. The molecule has 0 aliphatic rings. The van der Waals surface area contributed by atoms with Gasteiger partial charge in [0.2, 0.25) is 0 Å². The first kappa shape index (κ1) is 9.51. The van der Waals surface area contributed by atoms with E-state index in [0.29, 0.717) is 0 Å². The topological polar surface area (TPSA) is 12.9 Å². The van der Waals surface area contributed by atoms with Gasteiger partial charge < -0.3 is 0 Å². The lowest BCUT2D eigenvalue weighted by molar-refractivity contribution is 0.144. The highest BCUT2D eigenvalue weighted by Crippen LogP contribution is 2.29. The first-order chi connectivity index (χ1) is 5.54. The molecule has 1 aromatic rings. The number of halogens is 4. The van der Waals surface area contributed by atoms with Crippen LogP contribution >= 0.6 is 15.9 Å². The van der Waals surface area contributed by atoms with Crippen LogP contribution in [0.3, 0.4) is 0 Å². The van der Waals surface area contributed by atoms with Crippen molar-refractivity contribution in [2.24, 2.45) is 0 Å². The van der Waals surface area contributed by atoms with Gasteiger partial charge in [-0.2, -0.15) is 0 Å². The number of pyridine rings is 1. The molecule has 0 saturated carbocycles. The Morgan fingerprint density at radius 1 is 1.50 bits per heavy atom. The Bertz CT molecular complexity index is 301. The normalized spacial score (nSPS) is 10.8. The van der Waals surface area contributed by atoms with Gasteiger partial charge in [0, 0.05) is 11.8 Å². The van der Waals surface area contributed by atoms with Gasteiger partial charge in [-0.05, 0) is 22.9 Å². The maximum atomic E-state index is 13.0. The maximum absolute atomic E-state index is 13.0. The van der Waals surface area contributed by atoms with Crippen molar-refractivity contribution in [2.75, 3.05) is 0 Å². The lowest BCUT2D eigenvalue weighted by Gasteiger charge is -2.05. The van der Waals surface area contributed by atoms with Crippen molar-refractivity contribution in [1.82, 2.24) is 4.98 Å². The molecule has 0 N–H and O–H groups in total. The zero-order chi connectivity index (χ0) is 9.30. The Kier molecular flexibility index (Phi) is 2.72. The Morgan fingerprint density at radius 3 is 2.50 bits per heavy atom. The number of rotatable bonds is 1. The van der Waals surface area contributed by atoms with Gasteiger partial charge in [0.1, 0.15) is 10.4 Å². The molecule has 1 nitrogen and oxygen atoms in total. The second kappa shape index (κ2) is 3.43. The van der Waals surface area contributed by atoms with Gasteiger partial charge in [0.05, 0.1) is 5.56 Å². The van der Waals surface area contributed by atoms with Crippen LogP contribution in [0.5, 0.6) is 0 Å². The molecular formula is C7H5BrF3N. The lowest BCUT2D eigenvalue weighted by Crippen LogP contribution is -1.97. The summed E-state index contributed by atoms with van der Waals surface area (Å²) < 4.78 is 37.1. The maximum Gasteiger partial charge on any atom is 0.269 e. The minimum Gasteiger partial charge on any atom is -0.248 e. The quantitative estimate of drug-likeness (QED) is 0.686. The number of aromatic nitrogens is 1. The summed E-state index contributed by atoms with van der Waals surface area (Å²) >= 11 is 2.75. The third-order valence-electron chi connectivity index (χ3n) is 1.39. The van der Waals surface area contributed by atoms with E-state index in [1.165, 1.54) is 13.1 Å². The van der Waals surface area contributed by atoms with E-state index < -0.39 is 17.8 Å². The summed E-state index contributed by atoms with van der Waals surface area (Å²) in [5.41, 5.74) is -0.552. The summed E-state index contributed by atoms with van der Waals surface area (Å²) in [5.74, 6) is -0.896. The van der Waals surface area contributed by atoms with E-state index in [-0.39, 0.29) is 10.2 Å². The first-order valence-corrected chi connectivity index (χ1v) is 3.92. The molecule has 0 radical (unpaired) electrons. The van der Waals surface area contributed by atoms with Crippen molar-refractivity contribution in [1.29, 1.82) is 0 Å². The van der Waals surface area contributed by atoms with E-state index in [1.54, 1.807) is 0 Å². The average molecular weight is 240 g/mol. The zero-order valence-electron chi connectivity index (χ0n) is 6.11. The fourth-order valence-electron chi connectivity index (χ4n) is 0.769. The molecular weight excluding hydrogens is 235 g/mol. The summed E-state index contributed by atoms with van der Waals surface area (Å²) in [5, 5.41) is 0. The van der Waals surface area contributed by atoms with Crippen molar-refractivity contribution in [2.45, 2.75) is 13.3 Å². The summed E-state index contributed by atoms with van der Waals surface area (Å²) in [6.07, 6.45) is -1.64. The molecule has 0 atom stereocenters. The number of hydrogen-bond acceptors (Lipinski definition) is 1. The largest absolute Gasteiger partial charge is 0.269 e. The molecule has 12 heavy (non-hydrogen) atoms. The van der Waals surface area contributed by atoms with E-state index in [4.69, 9.17) is 0 Å². The highest BCUT2D eigenvalue weighted by molar-refractivity contribution is 9.10. The minimum atomic E-state index is -2.84. The number of alkyl halides is 2. The Labute approximate surface area is 75.7 Å². The van der Waals surface area contributed by atoms with Gasteiger partial charge >= 0.3 is 0 Å². The van der Waals surface area contributed by atoms with Gasteiger partial charge in [-0.1, -0.05) is 0 Å². The molecule has 0 saturated heterocycles. The predicted octanol–water partition coefficient (Wildman–Crippen LogP) is 3.23. The second-order valence-electron chi connectivity index (χ2n) is 2.26. The van der Waals surface area contributed by atoms with E-state index in [9.17, 15) is 13.2 Å². The first-order valence-electron chi connectivity index (χ1n) is 3.12. The van der Waals surface area contributed by atoms with Crippen LogP contribution in [0.1, 0.15) is 17.6 Å². The fourth-order valence-corrected chi connectivity index (χ4v) is 1.22. The predicted molar refractivity (Wildman–Crippen MR) is 41.6 cm³/mol. The summed E-state index contributed by atoms with van der Waals surface area (Å²) in [6.45, 7) is 1.39. The Balaban J connectivity index is 3.33. The third kappa shape index (κ3) is 1.60. The SMILES string of the molecule is Cc1cnc(Br)c(C(F)F)c1F. The molecule has 1 heterocycles. The molecule has 0 aliphatic carbocycles. The smallest absolute Gasteiger partial charge is 0.248 e. The lowest BCUT2D eigenvalue weighted by atomic mass is 10.2. The molecule has 0 spiro atoms. The monoisotopic (exact) mass is 239 g/mol. The van der Waals surface area contributed by atoms with Gasteiger partial charge in [0.15, 0.2) is 0 Å². The zero-order valence-corrected chi connectivity index (χ0v) is 7.70. The van der Waals surface area contributed by atoms with Gasteiger partial charge in [-0.25, -0.2) is 18.2 Å². The Morgan fingerprint density at radius 2 is 2.08 bits per heavy atom. The van der Waals surface area contributed by atoms with Crippen LogP contribution < -0.4 is 0 Å². The molecule has 0 fully saturated rings. The summed E-state index contributed by atoms with van der Waals surface area (Å²) in [6, 6.07) is 0. The van der Waals surface area contributed by atoms with Crippen LogP contribution in [0.25, 0.3) is 0 Å². The summed E-state index contributed by atoms with van der Waals surface area (Å²) in [4.78, 5) is 3.56. The molecule has 0 amide bonds. The van der Waals surface area contributed by atoms with Gasteiger partial charge in [-0.3, -0.25) is 0 Å². The van der Waals surface area contributed by atoms with Gasteiger partial charge in [-0.15, -0.1) is 0 Å². The van der Waals surface area contributed by atoms with Crippen LogP contribution in [-0.4, -0.2) is 4.98 Å². The van der Waals surface area contributed by atoms with Crippen LogP contribution in [-0.2, 0) is 0 Å².